The Kier molecular flexibility index (Phi) is 5.94. The number of aromatic nitrogens is 1. The number of aliphatic hydroxyl groups excluding tert-OH is 1. The first-order valence-electron chi connectivity index (χ1n) is 9.14. The van der Waals surface area contributed by atoms with Gasteiger partial charge in [0.15, 0.2) is 0 Å². The van der Waals surface area contributed by atoms with Gasteiger partial charge in [-0.2, -0.15) is 0 Å². The monoisotopic (exact) mass is 366 g/mol. The molecule has 3 N–H and O–H groups in total. The molecule has 0 spiro atoms. The van der Waals surface area contributed by atoms with Gasteiger partial charge in [-0.05, 0) is 61.5 Å². The van der Waals surface area contributed by atoms with E-state index < -0.39 is 6.10 Å². The van der Waals surface area contributed by atoms with E-state index in [2.05, 4.69) is 22.4 Å². The predicted octanol–water partition coefficient (Wildman–Crippen LogP) is 2.98. The number of nitrogens with one attached hydrogen (secondary N) is 2. The average Bonchev–Trinajstić information content (AvgIpc) is 2.61. The van der Waals surface area contributed by atoms with Crippen LogP contribution in [0.25, 0.3) is 10.9 Å². The van der Waals surface area contributed by atoms with Crippen molar-refractivity contribution in [2.45, 2.75) is 33.4 Å². The third-order valence-corrected chi connectivity index (χ3v) is 4.50. The lowest BCUT2D eigenvalue weighted by molar-refractivity contribution is 0.106. The quantitative estimate of drug-likeness (QED) is 0.601. The van der Waals surface area contributed by atoms with Crippen molar-refractivity contribution in [3.63, 3.8) is 0 Å². The van der Waals surface area contributed by atoms with E-state index in [-0.39, 0.29) is 12.2 Å². The van der Waals surface area contributed by atoms with Gasteiger partial charge in [0, 0.05) is 18.7 Å². The second kappa shape index (κ2) is 8.37. The molecule has 3 rings (SSSR count). The number of rotatable bonds is 7. The molecule has 5 nitrogen and oxygen atoms in total. The fraction of sp³-hybridized carbons (Fsp3) is 0.318. The topological polar surface area (TPSA) is 74.3 Å². The van der Waals surface area contributed by atoms with Crippen molar-refractivity contribution in [1.29, 1.82) is 0 Å². The largest absolute Gasteiger partial charge is 0.491 e. The lowest BCUT2D eigenvalue weighted by atomic mass is 10.1. The standard InChI is InChI=1S/C22H26N2O3/c1-14-5-4-6-20(9-14)27-13-19(25)12-23-11-18-10-17-8-15(2)7-16(3)21(17)24-22(18)26/h4-10,19,23,25H,11-13H2,1-3H3,(H,24,26)/t19-/m1/s1. The fourth-order valence-corrected chi connectivity index (χ4v) is 3.19. The van der Waals surface area contributed by atoms with E-state index in [1.54, 1.807) is 0 Å². The molecule has 3 aromatic rings. The summed E-state index contributed by atoms with van der Waals surface area (Å²) in [6, 6.07) is 13.7. The van der Waals surface area contributed by atoms with Crippen LogP contribution in [0.3, 0.4) is 0 Å². The van der Waals surface area contributed by atoms with E-state index in [0.717, 1.165) is 33.3 Å². The van der Waals surface area contributed by atoms with Gasteiger partial charge < -0.3 is 20.1 Å². The molecule has 1 atom stereocenters. The molecule has 0 saturated heterocycles. The zero-order valence-electron chi connectivity index (χ0n) is 16.0. The molecule has 1 heterocycles. The fourth-order valence-electron chi connectivity index (χ4n) is 3.19. The molecular formula is C22H26N2O3. The maximum atomic E-state index is 12.3. The van der Waals surface area contributed by atoms with Gasteiger partial charge >= 0.3 is 0 Å². The Balaban J connectivity index is 1.56. The van der Waals surface area contributed by atoms with Gasteiger partial charge in [-0.15, -0.1) is 0 Å². The van der Waals surface area contributed by atoms with Gasteiger partial charge in [0.1, 0.15) is 18.5 Å². The third-order valence-electron chi connectivity index (χ3n) is 4.50. The molecular weight excluding hydrogens is 340 g/mol. The van der Waals surface area contributed by atoms with E-state index >= 15 is 0 Å². The van der Waals surface area contributed by atoms with Crippen LogP contribution in [0.5, 0.6) is 5.75 Å². The van der Waals surface area contributed by atoms with Crippen molar-refractivity contribution in [2.24, 2.45) is 0 Å². The molecule has 0 saturated carbocycles. The molecule has 0 fully saturated rings. The number of hydrogen-bond donors (Lipinski definition) is 3. The van der Waals surface area contributed by atoms with Crippen LogP contribution >= 0.6 is 0 Å². The minimum atomic E-state index is -0.658. The molecule has 2 aromatic carbocycles. The lowest BCUT2D eigenvalue weighted by Crippen LogP contribution is -2.32. The Hall–Kier alpha value is -2.63. The average molecular weight is 366 g/mol. The van der Waals surface area contributed by atoms with E-state index in [4.69, 9.17) is 4.74 Å². The normalized spacial score (nSPS) is 12.3. The van der Waals surface area contributed by atoms with Gasteiger partial charge in [0.25, 0.3) is 5.56 Å². The summed E-state index contributed by atoms with van der Waals surface area (Å²) in [6.45, 7) is 6.96. The van der Waals surface area contributed by atoms with Gasteiger partial charge in [0.05, 0.1) is 5.52 Å². The summed E-state index contributed by atoms with van der Waals surface area (Å²) < 4.78 is 5.60. The molecule has 5 heteroatoms. The van der Waals surface area contributed by atoms with Gasteiger partial charge in [0.2, 0.25) is 0 Å². The van der Waals surface area contributed by atoms with E-state index in [1.807, 2.05) is 51.1 Å². The number of benzene rings is 2. The maximum Gasteiger partial charge on any atom is 0.252 e. The number of pyridine rings is 1. The number of aromatic amines is 1. The minimum absolute atomic E-state index is 0.104. The van der Waals surface area contributed by atoms with Crippen molar-refractivity contribution in [2.75, 3.05) is 13.2 Å². The predicted molar refractivity (Wildman–Crippen MR) is 108 cm³/mol. The Labute approximate surface area is 159 Å². The summed E-state index contributed by atoms with van der Waals surface area (Å²) >= 11 is 0. The molecule has 0 aliphatic rings. The maximum absolute atomic E-state index is 12.3. The molecule has 0 unspecified atom stereocenters. The Bertz CT molecular complexity index is 995. The first kappa shape index (κ1) is 19.1. The summed E-state index contributed by atoms with van der Waals surface area (Å²) in [6.07, 6.45) is -0.658. The molecule has 142 valence electrons. The van der Waals surface area contributed by atoms with Gasteiger partial charge in [-0.25, -0.2) is 0 Å². The van der Waals surface area contributed by atoms with Crippen LogP contribution in [0.2, 0.25) is 0 Å². The number of hydrogen-bond acceptors (Lipinski definition) is 4. The summed E-state index contributed by atoms with van der Waals surface area (Å²) in [7, 11) is 0. The van der Waals surface area contributed by atoms with Crippen molar-refractivity contribution in [1.82, 2.24) is 10.3 Å². The van der Waals surface area contributed by atoms with Crippen molar-refractivity contribution in [3.8, 4) is 5.75 Å². The number of ether oxygens (including phenoxy) is 1. The Morgan fingerprint density at radius 1 is 1.11 bits per heavy atom. The minimum Gasteiger partial charge on any atom is -0.491 e. The zero-order chi connectivity index (χ0) is 19.4. The first-order valence-corrected chi connectivity index (χ1v) is 9.14. The van der Waals surface area contributed by atoms with Crippen LogP contribution in [0.15, 0.2) is 47.3 Å². The number of aryl methyl sites for hydroxylation is 3. The van der Waals surface area contributed by atoms with Gasteiger partial charge in [-0.3, -0.25) is 4.79 Å². The van der Waals surface area contributed by atoms with E-state index in [9.17, 15) is 9.90 Å². The second-order valence-corrected chi connectivity index (χ2v) is 7.08. The molecule has 1 aromatic heterocycles. The summed E-state index contributed by atoms with van der Waals surface area (Å²) in [5.74, 6) is 0.741. The molecule has 0 radical (unpaired) electrons. The SMILES string of the molecule is Cc1cccc(OC[C@H](O)CNCc2cc3cc(C)cc(C)c3[nH]c2=O)c1. The van der Waals surface area contributed by atoms with Crippen molar-refractivity contribution >= 4 is 10.9 Å². The smallest absolute Gasteiger partial charge is 0.252 e. The highest BCUT2D eigenvalue weighted by atomic mass is 16.5. The molecule has 27 heavy (non-hydrogen) atoms. The molecule has 0 amide bonds. The van der Waals surface area contributed by atoms with E-state index in [0.29, 0.717) is 18.7 Å². The number of H-pyrrole nitrogens is 1. The number of fused-ring (bicyclic) bond motifs is 1. The summed E-state index contributed by atoms with van der Waals surface area (Å²) in [4.78, 5) is 15.3. The zero-order valence-corrected chi connectivity index (χ0v) is 16.0. The first-order chi connectivity index (χ1) is 12.9. The summed E-state index contributed by atoms with van der Waals surface area (Å²) in [5.41, 5.74) is 4.76. The highest BCUT2D eigenvalue weighted by Crippen LogP contribution is 2.18. The van der Waals surface area contributed by atoms with Crippen LogP contribution in [0.4, 0.5) is 0 Å². The Morgan fingerprint density at radius 2 is 1.93 bits per heavy atom. The van der Waals surface area contributed by atoms with Crippen LogP contribution in [-0.4, -0.2) is 29.3 Å². The lowest BCUT2D eigenvalue weighted by Gasteiger charge is -2.14. The Morgan fingerprint density at radius 3 is 2.70 bits per heavy atom. The van der Waals surface area contributed by atoms with Crippen LogP contribution in [0.1, 0.15) is 22.3 Å². The third kappa shape index (κ3) is 4.96. The van der Waals surface area contributed by atoms with Crippen LogP contribution in [0, 0.1) is 20.8 Å². The van der Waals surface area contributed by atoms with Crippen molar-refractivity contribution < 1.29 is 9.84 Å². The summed E-state index contributed by atoms with van der Waals surface area (Å²) in [5, 5.41) is 14.3. The van der Waals surface area contributed by atoms with Crippen LogP contribution in [-0.2, 0) is 6.54 Å². The van der Waals surface area contributed by atoms with E-state index in [1.165, 1.54) is 0 Å². The molecule has 0 aliphatic carbocycles. The van der Waals surface area contributed by atoms with Crippen LogP contribution < -0.4 is 15.6 Å². The molecule has 0 aliphatic heterocycles. The second-order valence-electron chi connectivity index (χ2n) is 7.08. The van der Waals surface area contributed by atoms with Gasteiger partial charge in [-0.1, -0.05) is 23.8 Å². The van der Waals surface area contributed by atoms with Crippen molar-refractivity contribution in [3.05, 3.63) is 75.1 Å². The molecule has 0 bridgehead atoms. The highest BCUT2D eigenvalue weighted by molar-refractivity contribution is 5.82. The number of aliphatic hydroxyl groups is 1. The highest BCUT2D eigenvalue weighted by Gasteiger charge is 2.08.